The van der Waals surface area contributed by atoms with E-state index >= 15 is 0 Å². The number of esters is 1. The van der Waals surface area contributed by atoms with Crippen molar-refractivity contribution < 1.29 is 23.3 Å². The molecule has 7 nitrogen and oxygen atoms in total. The molecule has 0 saturated heterocycles. The number of para-hydroxylation sites is 1. The summed E-state index contributed by atoms with van der Waals surface area (Å²) in [6, 6.07) is 22.2. The van der Waals surface area contributed by atoms with Gasteiger partial charge in [0, 0.05) is 6.26 Å². The molecule has 0 unspecified atom stereocenters. The van der Waals surface area contributed by atoms with Gasteiger partial charge in [-0.25, -0.2) is 4.79 Å². The molecule has 170 valence electrons. The number of hydrogen-bond donors (Lipinski definition) is 2. The monoisotopic (exact) mass is 464 g/mol. The lowest BCUT2D eigenvalue weighted by molar-refractivity contribution is -0.119. The van der Waals surface area contributed by atoms with Crippen LogP contribution in [0.1, 0.15) is 39.2 Å². The number of benzene rings is 3. The summed E-state index contributed by atoms with van der Waals surface area (Å²) in [5, 5.41) is 5.52. The summed E-state index contributed by atoms with van der Waals surface area (Å²) >= 11 is 0. The molecule has 2 amide bonds. The van der Waals surface area contributed by atoms with Crippen LogP contribution in [0.25, 0.3) is 0 Å². The molecular formula is C25H24N2O5S. The molecule has 3 aromatic carbocycles. The van der Waals surface area contributed by atoms with Crippen LogP contribution < -0.4 is 10.6 Å². The quantitative estimate of drug-likeness (QED) is 0.495. The minimum Gasteiger partial charge on any atom is -0.452 e. The number of nitrogens with one attached hydrogen (secondary N) is 2. The van der Waals surface area contributed by atoms with E-state index < -0.39 is 29.3 Å². The zero-order valence-electron chi connectivity index (χ0n) is 18.2. The third-order valence-electron chi connectivity index (χ3n) is 4.84. The zero-order chi connectivity index (χ0) is 23.8. The van der Waals surface area contributed by atoms with E-state index in [1.165, 1.54) is 12.3 Å². The van der Waals surface area contributed by atoms with Crippen LogP contribution in [0.15, 0.2) is 83.8 Å². The fourth-order valence-electron chi connectivity index (χ4n) is 3.17. The second kappa shape index (κ2) is 11.2. The Hall–Kier alpha value is -3.78. The Balaban J connectivity index is 1.63. The molecule has 0 aliphatic rings. The standard InChI is InChI=1S/C25H24N2O5S/c1-17(18-10-4-3-5-11-18)26-24(29)19-12-6-8-14-21(19)27-23(28)16-32-25(30)20-13-7-9-15-22(20)33(2)31/h3-15,17H,16H2,1-2H3,(H,26,29)(H,27,28)/t17-,33-/m0/s1. The molecule has 0 fully saturated rings. The van der Waals surface area contributed by atoms with E-state index in [1.54, 1.807) is 42.5 Å². The molecule has 0 aliphatic heterocycles. The number of anilines is 1. The van der Waals surface area contributed by atoms with Crippen LogP contribution in [0.5, 0.6) is 0 Å². The van der Waals surface area contributed by atoms with Gasteiger partial charge in [0.1, 0.15) is 0 Å². The van der Waals surface area contributed by atoms with Crippen LogP contribution in [-0.2, 0) is 20.3 Å². The number of ether oxygens (including phenoxy) is 1. The average molecular weight is 465 g/mol. The molecule has 0 spiro atoms. The Labute approximate surface area is 194 Å². The first kappa shape index (κ1) is 23.9. The van der Waals surface area contributed by atoms with E-state index in [9.17, 15) is 18.6 Å². The number of carbonyl (C=O) groups excluding carboxylic acids is 3. The average Bonchev–Trinajstić information content (AvgIpc) is 2.83. The molecule has 8 heteroatoms. The van der Waals surface area contributed by atoms with Crippen molar-refractivity contribution in [3.05, 3.63) is 95.6 Å². The van der Waals surface area contributed by atoms with Gasteiger partial charge in [0.2, 0.25) is 0 Å². The van der Waals surface area contributed by atoms with Crippen molar-refractivity contribution in [3.63, 3.8) is 0 Å². The van der Waals surface area contributed by atoms with E-state index in [0.29, 0.717) is 10.6 Å². The fourth-order valence-corrected chi connectivity index (χ4v) is 3.90. The van der Waals surface area contributed by atoms with Crippen LogP contribution in [0.2, 0.25) is 0 Å². The number of carbonyl (C=O) groups is 3. The van der Waals surface area contributed by atoms with E-state index in [-0.39, 0.29) is 23.1 Å². The predicted octanol–water partition coefficient (Wildman–Crippen LogP) is 3.71. The molecule has 0 bridgehead atoms. The van der Waals surface area contributed by atoms with E-state index in [4.69, 9.17) is 4.74 Å². The molecule has 2 N–H and O–H groups in total. The highest BCUT2D eigenvalue weighted by Crippen LogP contribution is 2.18. The second-order valence-electron chi connectivity index (χ2n) is 7.23. The van der Waals surface area contributed by atoms with Gasteiger partial charge in [0.05, 0.1) is 38.6 Å². The van der Waals surface area contributed by atoms with Crippen molar-refractivity contribution in [3.8, 4) is 0 Å². The topological polar surface area (TPSA) is 102 Å². The number of rotatable bonds is 8. The minimum atomic E-state index is -1.38. The lowest BCUT2D eigenvalue weighted by Gasteiger charge is -2.16. The molecular weight excluding hydrogens is 440 g/mol. The van der Waals surface area contributed by atoms with Crippen molar-refractivity contribution in [1.29, 1.82) is 0 Å². The third kappa shape index (κ3) is 6.36. The summed E-state index contributed by atoms with van der Waals surface area (Å²) < 4.78 is 16.9. The first-order valence-corrected chi connectivity index (χ1v) is 11.8. The van der Waals surface area contributed by atoms with Gasteiger partial charge >= 0.3 is 5.97 Å². The van der Waals surface area contributed by atoms with Gasteiger partial charge in [-0.2, -0.15) is 0 Å². The van der Waals surface area contributed by atoms with E-state index in [0.717, 1.165) is 5.56 Å². The molecule has 3 rings (SSSR count). The van der Waals surface area contributed by atoms with Gasteiger partial charge < -0.3 is 15.4 Å². The first-order chi connectivity index (χ1) is 15.9. The minimum absolute atomic E-state index is 0.140. The van der Waals surface area contributed by atoms with Gasteiger partial charge in [-0.1, -0.05) is 54.6 Å². The smallest absolute Gasteiger partial charge is 0.339 e. The lowest BCUT2D eigenvalue weighted by Crippen LogP contribution is -2.28. The highest BCUT2D eigenvalue weighted by atomic mass is 32.2. The van der Waals surface area contributed by atoms with E-state index in [1.807, 2.05) is 37.3 Å². The van der Waals surface area contributed by atoms with Crippen LogP contribution in [0.4, 0.5) is 5.69 Å². The highest BCUT2D eigenvalue weighted by molar-refractivity contribution is 7.84. The maximum atomic E-state index is 12.8. The lowest BCUT2D eigenvalue weighted by atomic mass is 10.1. The zero-order valence-corrected chi connectivity index (χ0v) is 19.1. The molecule has 33 heavy (non-hydrogen) atoms. The summed E-state index contributed by atoms with van der Waals surface area (Å²) in [5.74, 6) is -1.70. The summed E-state index contributed by atoms with van der Waals surface area (Å²) in [5.41, 5.74) is 1.67. The maximum absolute atomic E-state index is 12.8. The number of amides is 2. The Bertz CT molecular complexity index is 1180. The Morgan fingerprint density at radius 3 is 2.18 bits per heavy atom. The van der Waals surface area contributed by atoms with Gasteiger partial charge in [0.25, 0.3) is 11.8 Å². The molecule has 0 radical (unpaired) electrons. The van der Waals surface area contributed by atoms with Crippen LogP contribution in [-0.4, -0.2) is 34.9 Å². The normalized spacial score (nSPS) is 12.3. The van der Waals surface area contributed by atoms with Crippen molar-refractivity contribution in [2.75, 3.05) is 18.2 Å². The van der Waals surface area contributed by atoms with Gasteiger partial charge in [-0.15, -0.1) is 0 Å². The SMILES string of the molecule is C[C@H](NC(=O)c1ccccc1NC(=O)COC(=O)c1ccccc1[S@](C)=O)c1ccccc1. The molecule has 0 aliphatic carbocycles. The van der Waals surface area contributed by atoms with Crippen LogP contribution in [0, 0.1) is 0 Å². The molecule has 3 aromatic rings. The summed E-state index contributed by atoms with van der Waals surface area (Å²) in [7, 11) is -1.38. The molecule has 0 heterocycles. The summed E-state index contributed by atoms with van der Waals surface area (Å²) in [6.45, 7) is 1.31. The predicted molar refractivity (Wildman–Crippen MR) is 126 cm³/mol. The Morgan fingerprint density at radius 1 is 0.879 bits per heavy atom. The first-order valence-electron chi connectivity index (χ1n) is 10.2. The van der Waals surface area contributed by atoms with Crippen molar-refractivity contribution in [2.45, 2.75) is 17.9 Å². The summed E-state index contributed by atoms with van der Waals surface area (Å²) in [6.07, 6.45) is 1.46. The molecule has 0 aromatic heterocycles. The summed E-state index contributed by atoms with van der Waals surface area (Å²) in [4.78, 5) is 37.9. The Morgan fingerprint density at radius 2 is 1.48 bits per heavy atom. The molecule has 0 saturated carbocycles. The Kier molecular flexibility index (Phi) is 8.10. The fraction of sp³-hybridized carbons (Fsp3) is 0.160. The largest absolute Gasteiger partial charge is 0.452 e. The van der Waals surface area contributed by atoms with E-state index in [2.05, 4.69) is 10.6 Å². The van der Waals surface area contributed by atoms with Crippen molar-refractivity contribution in [1.82, 2.24) is 5.32 Å². The van der Waals surface area contributed by atoms with Gasteiger partial charge in [0.15, 0.2) is 6.61 Å². The number of hydrogen-bond acceptors (Lipinski definition) is 5. The van der Waals surface area contributed by atoms with Crippen LogP contribution in [0.3, 0.4) is 0 Å². The maximum Gasteiger partial charge on any atom is 0.339 e. The second-order valence-corrected chi connectivity index (χ2v) is 8.57. The molecule has 2 atom stereocenters. The third-order valence-corrected chi connectivity index (χ3v) is 5.82. The van der Waals surface area contributed by atoms with Crippen molar-refractivity contribution >= 4 is 34.3 Å². The van der Waals surface area contributed by atoms with Gasteiger partial charge in [-0.05, 0) is 36.8 Å². The van der Waals surface area contributed by atoms with Gasteiger partial charge in [-0.3, -0.25) is 13.8 Å². The highest BCUT2D eigenvalue weighted by Gasteiger charge is 2.18. The van der Waals surface area contributed by atoms with Crippen LogP contribution >= 0.6 is 0 Å². The van der Waals surface area contributed by atoms with Crippen molar-refractivity contribution in [2.24, 2.45) is 0 Å².